The van der Waals surface area contributed by atoms with E-state index < -0.39 is 23.6 Å². The second-order valence-electron chi connectivity index (χ2n) is 7.31. The highest BCUT2D eigenvalue weighted by Crippen LogP contribution is 2.21. The lowest BCUT2D eigenvalue weighted by Gasteiger charge is -2.25. The fourth-order valence-electron chi connectivity index (χ4n) is 3.49. The van der Waals surface area contributed by atoms with Crippen molar-refractivity contribution >= 4 is 11.6 Å². The summed E-state index contributed by atoms with van der Waals surface area (Å²) in [5, 5.41) is 4.04. The van der Waals surface area contributed by atoms with Crippen LogP contribution >= 0.6 is 0 Å². The zero-order valence-electron chi connectivity index (χ0n) is 16.5. The minimum atomic E-state index is -0.523. The van der Waals surface area contributed by atoms with Crippen molar-refractivity contribution in [2.45, 2.75) is 19.1 Å². The Morgan fingerprint density at radius 3 is 2.32 bits per heavy atom. The summed E-state index contributed by atoms with van der Waals surface area (Å²) in [6.07, 6.45) is -0.0937. The van der Waals surface area contributed by atoms with E-state index in [2.05, 4.69) is 5.16 Å². The Hall–Kier alpha value is -3.61. The number of amides is 1. The van der Waals surface area contributed by atoms with E-state index >= 15 is 0 Å². The van der Waals surface area contributed by atoms with E-state index in [0.717, 1.165) is 6.07 Å². The zero-order chi connectivity index (χ0) is 21.8. The molecule has 4 rings (SSSR count). The van der Waals surface area contributed by atoms with E-state index in [0.29, 0.717) is 23.3 Å². The minimum absolute atomic E-state index is 0.113. The number of oxime groups is 1. The molecular weight excluding hydrogens is 405 g/mol. The third-order valence-corrected chi connectivity index (χ3v) is 4.94. The Kier molecular flexibility index (Phi) is 6.02. The summed E-state index contributed by atoms with van der Waals surface area (Å²) in [5.41, 5.74) is 1.96. The van der Waals surface area contributed by atoms with Crippen LogP contribution in [0.1, 0.15) is 27.9 Å². The van der Waals surface area contributed by atoms with Crippen LogP contribution in [-0.2, 0) is 11.4 Å². The molecule has 4 nitrogen and oxygen atoms in total. The summed E-state index contributed by atoms with van der Waals surface area (Å²) >= 11 is 0. The summed E-state index contributed by atoms with van der Waals surface area (Å²) < 4.78 is 40.8. The second-order valence-corrected chi connectivity index (χ2v) is 7.31. The average molecular weight is 424 g/mol. The molecule has 0 N–H and O–H groups in total. The predicted octanol–water partition coefficient (Wildman–Crippen LogP) is 4.94. The van der Waals surface area contributed by atoms with Gasteiger partial charge in [0.1, 0.15) is 17.5 Å². The molecule has 0 aliphatic carbocycles. The Morgan fingerprint density at radius 1 is 0.935 bits per heavy atom. The van der Waals surface area contributed by atoms with Gasteiger partial charge in [-0.25, -0.2) is 13.2 Å². The highest BCUT2D eigenvalue weighted by Gasteiger charge is 2.28. The van der Waals surface area contributed by atoms with Gasteiger partial charge in [0.25, 0.3) is 5.91 Å². The number of nitrogens with zero attached hydrogens (tertiary/aromatic N) is 2. The van der Waals surface area contributed by atoms with Crippen LogP contribution in [0.2, 0.25) is 0 Å². The zero-order valence-corrected chi connectivity index (χ0v) is 16.5. The predicted molar refractivity (Wildman–Crippen MR) is 110 cm³/mol. The minimum Gasteiger partial charge on any atom is -0.390 e. The molecule has 1 aliphatic heterocycles. The first kappa shape index (κ1) is 20.7. The van der Waals surface area contributed by atoms with Crippen LogP contribution in [0.15, 0.2) is 78.0 Å². The normalized spacial score (nSPS) is 15.3. The molecule has 1 heterocycles. The third-order valence-electron chi connectivity index (χ3n) is 4.94. The molecule has 0 saturated carbocycles. The van der Waals surface area contributed by atoms with Gasteiger partial charge in [-0.15, -0.1) is 0 Å². The molecule has 0 spiro atoms. The Morgan fingerprint density at radius 2 is 1.61 bits per heavy atom. The van der Waals surface area contributed by atoms with E-state index in [4.69, 9.17) is 4.84 Å². The van der Waals surface area contributed by atoms with Crippen molar-refractivity contribution < 1.29 is 22.8 Å². The number of halogens is 3. The van der Waals surface area contributed by atoms with Crippen LogP contribution in [0.3, 0.4) is 0 Å². The smallest absolute Gasteiger partial charge is 0.254 e. The Bertz CT molecular complexity index is 1130. The molecule has 3 aromatic rings. The van der Waals surface area contributed by atoms with Crippen LogP contribution in [0.25, 0.3) is 0 Å². The van der Waals surface area contributed by atoms with Crippen LogP contribution in [0.4, 0.5) is 13.2 Å². The Labute approximate surface area is 177 Å². The molecule has 0 fully saturated rings. The highest BCUT2D eigenvalue weighted by atomic mass is 19.1. The molecule has 0 saturated heterocycles. The van der Waals surface area contributed by atoms with Gasteiger partial charge in [-0.3, -0.25) is 4.79 Å². The SMILES string of the molecule is O=C(c1cccc(F)c1)N(Cc1cccc(F)c1)C[C@@H]1CC(c2cccc(F)c2)=NO1. The van der Waals surface area contributed by atoms with Gasteiger partial charge in [0, 0.05) is 24.1 Å². The molecule has 0 bridgehead atoms. The fourth-order valence-corrected chi connectivity index (χ4v) is 3.49. The van der Waals surface area contributed by atoms with E-state index in [-0.39, 0.29) is 24.5 Å². The first-order chi connectivity index (χ1) is 15.0. The average Bonchev–Trinajstić information content (AvgIpc) is 3.21. The van der Waals surface area contributed by atoms with E-state index in [9.17, 15) is 18.0 Å². The summed E-state index contributed by atoms with van der Waals surface area (Å²) in [6, 6.07) is 17.4. The van der Waals surface area contributed by atoms with Crippen LogP contribution < -0.4 is 0 Å². The molecule has 1 atom stereocenters. The van der Waals surface area contributed by atoms with Crippen molar-refractivity contribution in [3.05, 3.63) is 107 Å². The summed E-state index contributed by atoms with van der Waals surface area (Å²) in [4.78, 5) is 20.0. The van der Waals surface area contributed by atoms with Gasteiger partial charge in [0.15, 0.2) is 6.10 Å². The molecule has 0 unspecified atom stereocenters. The molecular formula is C24H19F3N2O2. The molecule has 1 amide bonds. The summed E-state index contributed by atoms with van der Waals surface area (Å²) in [5.74, 6) is -1.72. The van der Waals surface area contributed by atoms with E-state index in [1.54, 1.807) is 24.3 Å². The van der Waals surface area contributed by atoms with Gasteiger partial charge < -0.3 is 9.74 Å². The molecule has 7 heteroatoms. The highest BCUT2D eigenvalue weighted by molar-refractivity contribution is 6.01. The second kappa shape index (κ2) is 9.04. The van der Waals surface area contributed by atoms with Gasteiger partial charge in [-0.2, -0.15) is 0 Å². The topological polar surface area (TPSA) is 41.9 Å². The quantitative estimate of drug-likeness (QED) is 0.563. The Balaban J connectivity index is 1.52. The van der Waals surface area contributed by atoms with Crippen molar-refractivity contribution in [3.63, 3.8) is 0 Å². The van der Waals surface area contributed by atoms with Gasteiger partial charge in [0.05, 0.1) is 12.3 Å². The van der Waals surface area contributed by atoms with Crippen LogP contribution in [0, 0.1) is 17.5 Å². The lowest BCUT2D eigenvalue weighted by molar-refractivity contribution is 0.0404. The lowest BCUT2D eigenvalue weighted by Crippen LogP contribution is -2.37. The molecule has 158 valence electrons. The largest absolute Gasteiger partial charge is 0.390 e. The van der Waals surface area contributed by atoms with Gasteiger partial charge in [-0.05, 0) is 48.0 Å². The number of hydrogen-bond donors (Lipinski definition) is 0. The third kappa shape index (κ3) is 5.12. The maximum absolute atomic E-state index is 13.7. The van der Waals surface area contributed by atoms with Crippen molar-refractivity contribution in [1.29, 1.82) is 0 Å². The lowest BCUT2D eigenvalue weighted by atomic mass is 10.0. The van der Waals surface area contributed by atoms with E-state index in [1.807, 2.05) is 0 Å². The first-order valence-electron chi connectivity index (χ1n) is 9.76. The maximum atomic E-state index is 13.7. The van der Waals surface area contributed by atoms with Gasteiger partial charge in [-0.1, -0.05) is 35.5 Å². The molecule has 0 radical (unpaired) electrons. The summed E-state index contributed by atoms with van der Waals surface area (Å²) in [6.45, 7) is 0.260. The van der Waals surface area contributed by atoms with Crippen LogP contribution in [0.5, 0.6) is 0 Å². The van der Waals surface area contributed by atoms with Gasteiger partial charge in [0.2, 0.25) is 0 Å². The molecule has 1 aliphatic rings. The van der Waals surface area contributed by atoms with Gasteiger partial charge >= 0.3 is 0 Å². The number of carbonyl (C=O) groups excluding carboxylic acids is 1. The standard InChI is InChI=1S/C24H19F3N2O2/c25-19-7-1-4-16(10-19)14-29(24(30)18-6-3-9-21(27)12-18)15-22-13-23(28-31-22)17-5-2-8-20(26)11-17/h1-12,22H,13-15H2/t22-/m0/s1. The monoisotopic (exact) mass is 424 g/mol. The molecule has 31 heavy (non-hydrogen) atoms. The fraction of sp³-hybridized carbons (Fsp3) is 0.167. The van der Waals surface area contributed by atoms with Crippen molar-refractivity contribution in [1.82, 2.24) is 4.90 Å². The first-order valence-corrected chi connectivity index (χ1v) is 9.76. The van der Waals surface area contributed by atoms with Crippen molar-refractivity contribution in [3.8, 4) is 0 Å². The van der Waals surface area contributed by atoms with Crippen molar-refractivity contribution in [2.24, 2.45) is 5.16 Å². The number of carbonyl (C=O) groups is 1. The van der Waals surface area contributed by atoms with E-state index in [1.165, 1.54) is 47.4 Å². The summed E-state index contributed by atoms with van der Waals surface area (Å²) in [7, 11) is 0. The molecule has 3 aromatic carbocycles. The number of rotatable bonds is 6. The number of benzene rings is 3. The van der Waals surface area contributed by atoms with Crippen molar-refractivity contribution in [2.75, 3.05) is 6.54 Å². The maximum Gasteiger partial charge on any atom is 0.254 e. The van der Waals surface area contributed by atoms with Crippen LogP contribution in [-0.4, -0.2) is 29.2 Å². The number of hydrogen-bond acceptors (Lipinski definition) is 3. The molecule has 0 aromatic heterocycles.